The molecule has 7 rings (SSSR count). The lowest BCUT2D eigenvalue weighted by atomic mass is 9.76. The summed E-state index contributed by atoms with van der Waals surface area (Å²) in [5, 5.41) is 6.67. The molecule has 0 amide bonds. The molecule has 220 valence electrons. The number of ether oxygens (including phenoxy) is 2. The molecular formula is C39H35ClN2O2. The van der Waals surface area contributed by atoms with Gasteiger partial charge in [0.25, 0.3) is 0 Å². The highest BCUT2D eigenvalue weighted by molar-refractivity contribution is 6.32. The normalized spacial score (nSPS) is 18.7. The molecule has 1 aliphatic heterocycles. The van der Waals surface area contributed by atoms with Gasteiger partial charge in [-0.3, -0.25) is 4.99 Å². The lowest BCUT2D eigenvalue weighted by Crippen LogP contribution is -2.29. The molecule has 0 radical (unpaired) electrons. The molecule has 0 saturated carbocycles. The topological polar surface area (TPSA) is 42.8 Å². The zero-order chi connectivity index (χ0) is 30.0. The quantitative estimate of drug-likeness (QED) is 0.143. The maximum atomic E-state index is 6.75. The van der Waals surface area contributed by atoms with Gasteiger partial charge in [-0.15, -0.1) is 0 Å². The number of halogens is 1. The van der Waals surface area contributed by atoms with E-state index in [0.29, 0.717) is 41.6 Å². The van der Waals surface area contributed by atoms with Crippen molar-refractivity contribution in [2.75, 3.05) is 11.9 Å². The fraction of sp³-hybridized carbons (Fsp3) is 0.205. The van der Waals surface area contributed by atoms with Crippen LogP contribution in [0.3, 0.4) is 0 Å². The van der Waals surface area contributed by atoms with Crippen LogP contribution in [0.15, 0.2) is 114 Å². The number of nitrogens with zero attached hydrogens (tertiary/aromatic N) is 1. The molecule has 0 fully saturated rings. The second-order valence-electron chi connectivity index (χ2n) is 11.6. The first kappa shape index (κ1) is 28.2. The van der Waals surface area contributed by atoms with Crippen LogP contribution in [0.5, 0.6) is 11.5 Å². The van der Waals surface area contributed by atoms with Crippen molar-refractivity contribution in [3.63, 3.8) is 0 Å². The second-order valence-corrected chi connectivity index (χ2v) is 12.0. The van der Waals surface area contributed by atoms with Gasteiger partial charge in [-0.05, 0) is 89.5 Å². The largest absolute Gasteiger partial charge is 0.490 e. The molecule has 5 heteroatoms. The second kappa shape index (κ2) is 12.2. The average Bonchev–Trinajstić information content (AvgIpc) is 3.54. The van der Waals surface area contributed by atoms with Crippen LogP contribution in [-0.4, -0.2) is 12.8 Å². The van der Waals surface area contributed by atoms with E-state index in [4.69, 9.17) is 26.1 Å². The maximum Gasteiger partial charge on any atom is 0.180 e. The van der Waals surface area contributed by atoms with E-state index in [2.05, 4.69) is 91.1 Å². The van der Waals surface area contributed by atoms with Crippen molar-refractivity contribution in [1.29, 1.82) is 0 Å². The molecule has 5 aromatic rings. The predicted octanol–water partition coefficient (Wildman–Crippen LogP) is 10.4. The molecule has 0 spiro atoms. The summed E-state index contributed by atoms with van der Waals surface area (Å²) >= 11 is 6.75. The van der Waals surface area contributed by atoms with Gasteiger partial charge in [-0.2, -0.15) is 0 Å². The first-order valence-corrected chi connectivity index (χ1v) is 15.7. The molecule has 0 saturated heterocycles. The van der Waals surface area contributed by atoms with Crippen LogP contribution >= 0.6 is 11.6 Å². The highest BCUT2D eigenvalue weighted by atomic mass is 35.5. The third-order valence-electron chi connectivity index (χ3n) is 8.72. The van der Waals surface area contributed by atoms with Gasteiger partial charge in [0, 0.05) is 17.8 Å². The minimum Gasteiger partial charge on any atom is -0.490 e. The number of aliphatic imine (C=N–C) groups is 1. The minimum atomic E-state index is 0.261. The molecule has 0 unspecified atom stereocenters. The predicted molar refractivity (Wildman–Crippen MR) is 182 cm³/mol. The smallest absolute Gasteiger partial charge is 0.180 e. The summed E-state index contributed by atoms with van der Waals surface area (Å²) < 4.78 is 12.2. The SMILES string of the molecule is CCOc1cc(C=Nc2ccc([C@@H]3Nc4ccc(C)cc4[C@H]4C=CC[C@H]43)cc2)cc(Cl)c1OCc1cccc2ccccc12. The van der Waals surface area contributed by atoms with E-state index >= 15 is 0 Å². The van der Waals surface area contributed by atoms with Crippen LogP contribution < -0.4 is 14.8 Å². The van der Waals surface area contributed by atoms with E-state index in [1.807, 2.05) is 43.5 Å². The number of nitrogens with one attached hydrogen (secondary N) is 1. The first-order chi connectivity index (χ1) is 21.6. The van der Waals surface area contributed by atoms with Crippen LogP contribution in [0.4, 0.5) is 11.4 Å². The number of hydrogen-bond acceptors (Lipinski definition) is 4. The summed E-state index contributed by atoms with van der Waals surface area (Å²) in [5.41, 5.74) is 8.07. The van der Waals surface area contributed by atoms with Crippen LogP contribution in [0, 0.1) is 12.8 Å². The number of benzene rings is 5. The third kappa shape index (κ3) is 5.58. The highest BCUT2D eigenvalue weighted by Gasteiger charge is 2.37. The Kier molecular flexibility index (Phi) is 7.84. The third-order valence-corrected chi connectivity index (χ3v) is 9.00. The number of rotatable bonds is 8. The Balaban J connectivity index is 1.08. The molecular weight excluding hydrogens is 564 g/mol. The Morgan fingerprint density at radius 2 is 1.77 bits per heavy atom. The number of aryl methyl sites for hydroxylation is 1. The molecule has 1 aliphatic carbocycles. The fourth-order valence-corrected chi connectivity index (χ4v) is 6.87. The van der Waals surface area contributed by atoms with Gasteiger partial charge in [0.1, 0.15) is 6.61 Å². The van der Waals surface area contributed by atoms with E-state index in [9.17, 15) is 0 Å². The van der Waals surface area contributed by atoms with Crippen molar-refractivity contribution >= 4 is 40.0 Å². The molecule has 3 atom stereocenters. The van der Waals surface area contributed by atoms with Gasteiger partial charge in [0.15, 0.2) is 11.5 Å². The molecule has 5 aromatic carbocycles. The van der Waals surface area contributed by atoms with Crippen LogP contribution in [-0.2, 0) is 6.61 Å². The van der Waals surface area contributed by atoms with Crippen molar-refractivity contribution < 1.29 is 9.47 Å². The summed E-state index contributed by atoms with van der Waals surface area (Å²) in [5.74, 6) is 2.12. The number of allylic oxidation sites excluding steroid dienone is 2. The highest BCUT2D eigenvalue weighted by Crippen LogP contribution is 2.50. The maximum absolute atomic E-state index is 6.75. The lowest BCUT2D eigenvalue weighted by molar-refractivity contribution is 0.270. The van der Waals surface area contributed by atoms with Crippen molar-refractivity contribution in [1.82, 2.24) is 0 Å². The molecule has 1 N–H and O–H groups in total. The zero-order valence-corrected chi connectivity index (χ0v) is 25.7. The van der Waals surface area contributed by atoms with Crippen molar-refractivity contribution in [3.8, 4) is 11.5 Å². The van der Waals surface area contributed by atoms with Gasteiger partial charge in [0.05, 0.1) is 23.4 Å². The van der Waals surface area contributed by atoms with Crippen LogP contribution in [0.25, 0.3) is 10.8 Å². The van der Waals surface area contributed by atoms with Gasteiger partial charge in [0.2, 0.25) is 0 Å². The molecule has 0 bridgehead atoms. The van der Waals surface area contributed by atoms with Gasteiger partial charge in [-0.25, -0.2) is 0 Å². The molecule has 2 aliphatic rings. The van der Waals surface area contributed by atoms with Gasteiger partial charge < -0.3 is 14.8 Å². The average molecular weight is 599 g/mol. The monoisotopic (exact) mass is 598 g/mol. The summed E-state index contributed by atoms with van der Waals surface area (Å²) in [6, 6.07) is 33.9. The zero-order valence-electron chi connectivity index (χ0n) is 25.0. The Bertz CT molecular complexity index is 1870. The molecule has 1 heterocycles. The Morgan fingerprint density at radius 3 is 2.64 bits per heavy atom. The Hall–Kier alpha value is -4.54. The first-order valence-electron chi connectivity index (χ1n) is 15.3. The Labute approximate surface area is 264 Å². The van der Waals surface area contributed by atoms with Crippen molar-refractivity contribution in [2.24, 2.45) is 10.9 Å². The molecule has 44 heavy (non-hydrogen) atoms. The number of fused-ring (bicyclic) bond motifs is 4. The summed E-state index contributed by atoms with van der Waals surface area (Å²) in [6.45, 7) is 5.01. The van der Waals surface area contributed by atoms with E-state index in [1.165, 1.54) is 27.8 Å². The summed E-state index contributed by atoms with van der Waals surface area (Å²) in [6.07, 6.45) is 7.63. The summed E-state index contributed by atoms with van der Waals surface area (Å²) in [7, 11) is 0. The van der Waals surface area contributed by atoms with Gasteiger partial charge >= 0.3 is 0 Å². The van der Waals surface area contributed by atoms with Crippen molar-refractivity contribution in [3.05, 3.63) is 142 Å². The van der Waals surface area contributed by atoms with E-state index < -0.39 is 0 Å². The van der Waals surface area contributed by atoms with E-state index in [-0.39, 0.29) is 6.04 Å². The standard InChI is InChI=1S/C39H35ClN2O2/c1-3-43-37-22-26(21-35(40)39(37)44-24-29-10-6-9-27-8-4-5-11-31(27)29)23-41-30-17-15-28(16-18-30)38-33-13-7-12-32(33)34-20-25(2)14-19-36(34)42-38/h4-12,14-23,32-33,38,42H,3,13,24H2,1-2H3/t32-,33+,38-/m0/s1. The van der Waals surface area contributed by atoms with E-state index in [1.54, 1.807) is 0 Å². The summed E-state index contributed by atoms with van der Waals surface area (Å²) in [4.78, 5) is 4.76. The van der Waals surface area contributed by atoms with Crippen LogP contribution in [0.1, 0.15) is 53.1 Å². The molecule has 4 nitrogen and oxygen atoms in total. The minimum absolute atomic E-state index is 0.261. The fourth-order valence-electron chi connectivity index (χ4n) is 6.59. The van der Waals surface area contributed by atoms with Crippen LogP contribution in [0.2, 0.25) is 5.02 Å². The van der Waals surface area contributed by atoms with Crippen molar-refractivity contribution in [2.45, 2.75) is 38.8 Å². The lowest BCUT2D eigenvalue weighted by Gasteiger charge is -2.37. The Morgan fingerprint density at radius 1 is 0.932 bits per heavy atom. The van der Waals surface area contributed by atoms with E-state index in [0.717, 1.165) is 28.6 Å². The molecule has 0 aromatic heterocycles. The number of hydrogen-bond donors (Lipinski definition) is 1. The van der Waals surface area contributed by atoms with Gasteiger partial charge in [-0.1, -0.05) is 96.0 Å². The number of anilines is 1.